The van der Waals surface area contributed by atoms with Gasteiger partial charge < -0.3 is 9.73 Å². The summed E-state index contributed by atoms with van der Waals surface area (Å²) in [4.78, 5) is 16.1. The van der Waals surface area contributed by atoms with Gasteiger partial charge in [0.05, 0.1) is 6.54 Å². The Balaban J connectivity index is 1.72. The van der Waals surface area contributed by atoms with Crippen LogP contribution in [0.15, 0.2) is 22.6 Å². The third-order valence-corrected chi connectivity index (χ3v) is 3.11. The normalized spacial score (nSPS) is 10.8. The molecule has 124 valence electrons. The van der Waals surface area contributed by atoms with Crippen molar-refractivity contribution < 1.29 is 18.0 Å². The maximum absolute atomic E-state index is 13.7. The van der Waals surface area contributed by atoms with E-state index < -0.39 is 34.9 Å². The second-order valence-corrected chi connectivity index (χ2v) is 4.74. The minimum atomic E-state index is -0.862. The molecule has 2 heterocycles. The lowest BCUT2D eigenvalue weighted by atomic mass is 10.2. The fourth-order valence-corrected chi connectivity index (χ4v) is 1.93. The van der Waals surface area contributed by atoms with Gasteiger partial charge in [-0.1, -0.05) is 13.0 Å². The molecule has 0 bridgehead atoms. The van der Waals surface area contributed by atoms with Crippen LogP contribution in [0.1, 0.15) is 29.3 Å². The fourth-order valence-electron chi connectivity index (χ4n) is 1.93. The number of carbonyl (C=O) groups is 1. The van der Waals surface area contributed by atoms with Gasteiger partial charge in [-0.3, -0.25) is 9.89 Å². The molecule has 2 aromatic heterocycles. The zero-order chi connectivity index (χ0) is 17.1. The van der Waals surface area contributed by atoms with Crippen LogP contribution in [-0.4, -0.2) is 31.3 Å². The predicted octanol–water partition coefficient (Wildman–Crippen LogP) is 1.63. The maximum Gasteiger partial charge on any atom is 0.309 e. The summed E-state index contributed by atoms with van der Waals surface area (Å²) in [5.74, 6) is -2.17. The molecule has 0 saturated carbocycles. The average Bonchev–Trinajstić information content (AvgIpc) is 3.22. The van der Waals surface area contributed by atoms with Crippen molar-refractivity contribution in [3.63, 3.8) is 0 Å². The molecule has 0 aliphatic rings. The van der Waals surface area contributed by atoms with Gasteiger partial charge in [-0.05, 0) is 12.1 Å². The second-order valence-electron chi connectivity index (χ2n) is 4.74. The summed E-state index contributed by atoms with van der Waals surface area (Å²) >= 11 is 0. The van der Waals surface area contributed by atoms with Gasteiger partial charge in [0.25, 0.3) is 5.89 Å². The summed E-state index contributed by atoms with van der Waals surface area (Å²) in [5, 5.41) is 16.1. The van der Waals surface area contributed by atoms with Gasteiger partial charge in [0.1, 0.15) is 23.0 Å². The molecular formula is C14H12F2N6O2. The number of nitrogens with one attached hydrogen (secondary N) is 2. The van der Waals surface area contributed by atoms with E-state index in [9.17, 15) is 13.6 Å². The number of rotatable bonds is 5. The van der Waals surface area contributed by atoms with Crippen LogP contribution in [-0.2, 0) is 13.0 Å². The Morgan fingerprint density at radius 1 is 1.29 bits per heavy atom. The molecule has 0 unspecified atom stereocenters. The van der Waals surface area contributed by atoms with Gasteiger partial charge in [-0.25, -0.2) is 13.8 Å². The molecule has 0 fully saturated rings. The quantitative estimate of drug-likeness (QED) is 0.734. The summed E-state index contributed by atoms with van der Waals surface area (Å²) in [6.07, 6.45) is 0.658. The lowest BCUT2D eigenvalue weighted by Gasteiger charge is -1.99. The van der Waals surface area contributed by atoms with Gasteiger partial charge in [-0.15, -0.1) is 10.2 Å². The third kappa shape index (κ3) is 3.12. The minimum absolute atomic E-state index is 0.0671. The van der Waals surface area contributed by atoms with Crippen molar-refractivity contribution in [2.24, 2.45) is 0 Å². The van der Waals surface area contributed by atoms with Crippen molar-refractivity contribution >= 4 is 5.91 Å². The molecular weight excluding hydrogens is 322 g/mol. The van der Waals surface area contributed by atoms with Crippen molar-refractivity contribution in [2.75, 3.05) is 0 Å². The van der Waals surface area contributed by atoms with E-state index >= 15 is 0 Å². The Kier molecular flexibility index (Phi) is 4.27. The first-order valence-electron chi connectivity index (χ1n) is 7.04. The zero-order valence-electron chi connectivity index (χ0n) is 12.5. The first kappa shape index (κ1) is 15.7. The van der Waals surface area contributed by atoms with Crippen molar-refractivity contribution in [2.45, 2.75) is 19.9 Å². The molecule has 0 aliphatic heterocycles. The van der Waals surface area contributed by atoms with Crippen LogP contribution in [0.2, 0.25) is 0 Å². The van der Waals surface area contributed by atoms with E-state index in [4.69, 9.17) is 4.42 Å². The fraction of sp³-hybridized carbons (Fsp3) is 0.214. The highest BCUT2D eigenvalue weighted by Crippen LogP contribution is 2.24. The number of amides is 1. The smallest absolute Gasteiger partial charge is 0.309 e. The molecule has 0 spiro atoms. The summed E-state index contributed by atoms with van der Waals surface area (Å²) in [5.41, 5.74) is -0.480. The van der Waals surface area contributed by atoms with E-state index in [1.807, 2.05) is 6.92 Å². The molecule has 0 aliphatic carbocycles. The number of hydrogen-bond donors (Lipinski definition) is 2. The Hall–Kier alpha value is -3.17. The zero-order valence-corrected chi connectivity index (χ0v) is 12.5. The summed E-state index contributed by atoms with van der Waals surface area (Å²) in [7, 11) is 0. The Morgan fingerprint density at radius 3 is 2.71 bits per heavy atom. The Labute approximate surface area is 134 Å². The van der Waals surface area contributed by atoms with Gasteiger partial charge in [0.2, 0.25) is 0 Å². The third-order valence-electron chi connectivity index (χ3n) is 3.11. The van der Waals surface area contributed by atoms with Crippen molar-refractivity contribution in [1.82, 2.24) is 30.7 Å². The summed E-state index contributed by atoms with van der Waals surface area (Å²) in [6, 6.07) is 3.31. The van der Waals surface area contributed by atoms with Crippen LogP contribution in [0, 0.1) is 11.6 Å². The highest BCUT2D eigenvalue weighted by atomic mass is 19.1. The molecule has 1 aromatic carbocycles. The number of aryl methyl sites for hydroxylation is 1. The number of aromatic amines is 1. The number of benzene rings is 1. The number of carbonyl (C=O) groups excluding carboxylic acids is 1. The SMILES string of the molecule is CCc1n[nH]c(CNC(=O)c2nnc(-c3c(F)cccc3F)o2)n1. The van der Waals surface area contributed by atoms with Gasteiger partial charge in [0.15, 0.2) is 5.82 Å². The van der Waals surface area contributed by atoms with E-state index in [-0.39, 0.29) is 6.54 Å². The number of hydrogen-bond acceptors (Lipinski definition) is 6. The van der Waals surface area contributed by atoms with Crippen LogP contribution < -0.4 is 5.32 Å². The van der Waals surface area contributed by atoms with Crippen LogP contribution in [0.5, 0.6) is 0 Å². The highest BCUT2D eigenvalue weighted by Gasteiger charge is 2.21. The molecule has 10 heteroatoms. The van der Waals surface area contributed by atoms with Crippen molar-refractivity contribution in [3.8, 4) is 11.5 Å². The van der Waals surface area contributed by atoms with E-state index in [1.54, 1.807) is 0 Å². The topological polar surface area (TPSA) is 110 Å². The van der Waals surface area contributed by atoms with E-state index in [0.29, 0.717) is 18.1 Å². The van der Waals surface area contributed by atoms with Crippen LogP contribution >= 0.6 is 0 Å². The largest absolute Gasteiger partial charge is 0.412 e. The molecule has 24 heavy (non-hydrogen) atoms. The lowest BCUT2D eigenvalue weighted by molar-refractivity contribution is 0.0915. The summed E-state index contributed by atoms with van der Waals surface area (Å²) in [6.45, 7) is 1.96. The minimum Gasteiger partial charge on any atom is -0.412 e. The molecule has 2 N–H and O–H groups in total. The molecule has 0 atom stereocenters. The lowest BCUT2D eigenvalue weighted by Crippen LogP contribution is -2.23. The first-order valence-corrected chi connectivity index (χ1v) is 7.04. The number of nitrogens with zero attached hydrogens (tertiary/aromatic N) is 4. The first-order chi connectivity index (χ1) is 11.6. The monoisotopic (exact) mass is 334 g/mol. The number of halogens is 2. The molecule has 1 amide bonds. The van der Waals surface area contributed by atoms with Crippen molar-refractivity contribution in [3.05, 3.63) is 47.4 Å². The van der Waals surface area contributed by atoms with Crippen LogP contribution in [0.3, 0.4) is 0 Å². The van der Waals surface area contributed by atoms with E-state index in [0.717, 1.165) is 12.1 Å². The second kappa shape index (κ2) is 6.52. The maximum atomic E-state index is 13.7. The molecule has 0 saturated heterocycles. The van der Waals surface area contributed by atoms with E-state index in [2.05, 4.69) is 30.7 Å². The Bertz CT molecular complexity index is 856. The molecule has 3 aromatic rings. The Morgan fingerprint density at radius 2 is 2.04 bits per heavy atom. The van der Waals surface area contributed by atoms with Gasteiger partial charge in [0, 0.05) is 6.42 Å². The van der Waals surface area contributed by atoms with E-state index in [1.165, 1.54) is 6.07 Å². The van der Waals surface area contributed by atoms with Crippen molar-refractivity contribution in [1.29, 1.82) is 0 Å². The highest BCUT2D eigenvalue weighted by molar-refractivity contribution is 5.89. The summed E-state index contributed by atoms with van der Waals surface area (Å²) < 4.78 is 32.4. The molecule has 3 rings (SSSR count). The van der Waals surface area contributed by atoms with Gasteiger partial charge >= 0.3 is 11.8 Å². The predicted molar refractivity (Wildman–Crippen MR) is 76.6 cm³/mol. The van der Waals surface area contributed by atoms with Gasteiger partial charge in [-0.2, -0.15) is 5.10 Å². The number of aromatic nitrogens is 5. The molecule has 8 nitrogen and oxygen atoms in total. The average molecular weight is 334 g/mol. The van der Waals surface area contributed by atoms with Crippen LogP contribution in [0.4, 0.5) is 8.78 Å². The number of H-pyrrole nitrogens is 1. The molecule has 0 radical (unpaired) electrons. The standard InChI is InChI=1S/C14H12F2N6O2/c1-2-9-18-10(20-19-9)6-17-12(23)14-22-21-13(24-14)11-7(15)4-3-5-8(11)16/h3-5H,2,6H2,1H3,(H,17,23)(H,18,19,20). The van der Waals surface area contributed by atoms with Crippen LogP contribution in [0.25, 0.3) is 11.5 Å².